The molecule has 1 aromatic heterocycles. The van der Waals surface area contributed by atoms with E-state index in [-0.39, 0.29) is 10.1 Å². The average molecular weight is 252 g/mol. The molecular weight excluding hydrogens is 240 g/mol. The Bertz CT molecular complexity index is 385. The van der Waals surface area contributed by atoms with Gasteiger partial charge in [0.05, 0.1) is 5.75 Å². The fourth-order valence-corrected chi connectivity index (χ4v) is 4.38. The standard InChI is InChI=1S/C7H12N2O2S3/c1-3-5-14(10,11)7-9-8-6(13-7)12-4-2/h3-5H2,1-2H3. The maximum Gasteiger partial charge on any atom is 0.233 e. The van der Waals surface area contributed by atoms with Gasteiger partial charge in [-0.05, 0) is 12.2 Å². The summed E-state index contributed by atoms with van der Waals surface area (Å²) in [4.78, 5) is 0. The Morgan fingerprint density at radius 2 is 2.07 bits per heavy atom. The molecule has 0 saturated heterocycles. The van der Waals surface area contributed by atoms with Gasteiger partial charge < -0.3 is 0 Å². The largest absolute Gasteiger partial charge is 0.233 e. The summed E-state index contributed by atoms with van der Waals surface area (Å²) in [7, 11) is -3.18. The predicted molar refractivity (Wildman–Crippen MR) is 58.7 cm³/mol. The minimum Gasteiger partial charge on any atom is -0.221 e. The number of hydrogen-bond acceptors (Lipinski definition) is 6. The van der Waals surface area contributed by atoms with Gasteiger partial charge in [-0.15, -0.1) is 10.2 Å². The highest BCUT2D eigenvalue weighted by atomic mass is 32.2. The molecule has 0 aromatic carbocycles. The topological polar surface area (TPSA) is 59.9 Å². The molecular formula is C7H12N2O2S3. The summed E-state index contributed by atoms with van der Waals surface area (Å²) in [6, 6.07) is 0. The summed E-state index contributed by atoms with van der Waals surface area (Å²) in [6.07, 6.45) is 0.609. The zero-order chi connectivity index (χ0) is 10.6. The zero-order valence-electron chi connectivity index (χ0n) is 8.06. The van der Waals surface area contributed by atoms with Crippen molar-refractivity contribution in [2.24, 2.45) is 0 Å². The van der Waals surface area contributed by atoms with E-state index < -0.39 is 9.84 Å². The molecule has 0 bridgehead atoms. The molecule has 0 aliphatic rings. The van der Waals surface area contributed by atoms with Gasteiger partial charge in [0.25, 0.3) is 0 Å². The van der Waals surface area contributed by atoms with E-state index >= 15 is 0 Å². The lowest BCUT2D eigenvalue weighted by Crippen LogP contribution is -2.05. The van der Waals surface area contributed by atoms with Crippen LogP contribution in [0.15, 0.2) is 8.68 Å². The zero-order valence-corrected chi connectivity index (χ0v) is 10.5. The van der Waals surface area contributed by atoms with Crippen LogP contribution in [0.25, 0.3) is 0 Å². The van der Waals surface area contributed by atoms with E-state index in [1.807, 2.05) is 13.8 Å². The minimum absolute atomic E-state index is 0.148. The van der Waals surface area contributed by atoms with Gasteiger partial charge in [0.2, 0.25) is 14.2 Å². The first-order chi connectivity index (χ1) is 6.60. The van der Waals surface area contributed by atoms with Gasteiger partial charge in [0.1, 0.15) is 0 Å². The predicted octanol–water partition coefficient (Wildman–Crippen LogP) is 1.83. The van der Waals surface area contributed by atoms with Crippen LogP contribution in [0.5, 0.6) is 0 Å². The number of nitrogens with zero attached hydrogens (tertiary/aromatic N) is 2. The van der Waals surface area contributed by atoms with Crippen LogP contribution in [0, 0.1) is 0 Å². The lowest BCUT2D eigenvalue weighted by molar-refractivity contribution is 0.592. The Balaban J connectivity index is 2.86. The van der Waals surface area contributed by atoms with Crippen molar-refractivity contribution >= 4 is 32.9 Å². The van der Waals surface area contributed by atoms with Gasteiger partial charge in [-0.25, -0.2) is 8.42 Å². The smallest absolute Gasteiger partial charge is 0.221 e. The molecule has 0 unspecified atom stereocenters. The highest BCUT2D eigenvalue weighted by Crippen LogP contribution is 2.25. The van der Waals surface area contributed by atoms with Crippen molar-refractivity contribution in [2.75, 3.05) is 11.5 Å². The van der Waals surface area contributed by atoms with Crippen LogP contribution in [0.2, 0.25) is 0 Å². The summed E-state index contributed by atoms with van der Waals surface area (Å²) < 4.78 is 24.0. The summed E-state index contributed by atoms with van der Waals surface area (Å²) in [6.45, 7) is 3.83. The van der Waals surface area contributed by atoms with Crippen molar-refractivity contribution in [3.8, 4) is 0 Å². The van der Waals surface area contributed by atoms with Crippen molar-refractivity contribution in [1.29, 1.82) is 0 Å². The molecule has 0 spiro atoms. The van der Waals surface area contributed by atoms with Gasteiger partial charge in [-0.2, -0.15) is 0 Å². The van der Waals surface area contributed by atoms with Crippen molar-refractivity contribution in [3.05, 3.63) is 0 Å². The monoisotopic (exact) mass is 252 g/mol. The Morgan fingerprint density at radius 1 is 1.36 bits per heavy atom. The second-order valence-electron chi connectivity index (χ2n) is 2.59. The fraction of sp³-hybridized carbons (Fsp3) is 0.714. The minimum atomic E-state index is -3.18. The van der Waals surface area contributed by atoms with Crippen LogP contribution >= 0.6 is 23.1 Å². The Morgan fingerprint density at radius 3 is 2.64 bits per heavy atom. The van der Waals surface area contributed by atoms with Crippen molar-refractivity contribution < 1.29 is 8.42 Å². The third-order valence-corrected chi connectivity index (χ3v) is 5.70. The van der Waals surface area contributed by atoms with Crippen LogP contribution in [0.1, 0.15) is 20.3 Å². The second kappa shape index (κ2) is 5.09. The van der Waals surface area contributed by atoms with Gasteiger partial charge >= 0.3 is 0 Å². The number of rotatable bonds is 5. The average Bonchev–Trinajstić information content (AvgIpc) is 2.54. The lowest BCUT2D eigenvalue weighted by atomic mass is 10.6. The summed E-state index contributed by atoms with van der Waals surface area (Å²) in [5.74, 6) is 1.03. The van der Waals surface area contributed by atoms with Gasteiger partial charge in [0.15, 0.2) is 4.34 Å². The quantitative estimate of drug-likeness (QED) is 0.748. The number of thioether (sulfide) groups is 1. The molecule has 14 heavy (non-hydrogen) atoms. The summed E-state index contributed by atoms with van der Waals surface area (Å²) in [5, 5.41) is 7.49. The first kappa shape index (κ1) is 11.9. The normalized spacial score (nSPS) is 11.9. The molecule has 0 radical (unpaired) electrons. The van der Waals surface area contributed by atoms with Crippen LogP contribution in [0.3, 0.4) is 0 Å². The molecule has 0 N–H and O–H groups in total. The molecule has 0 saturated carbocycles. The van der Waals surface area contributed by atoms with Crippen LogP contribution in [0.4, 0.5) is 0 Å². The van der Waals surface area contributed by atoms with Gasteiger partial charge in [-0.3, -0.25) is 0 Å². The van der Waals surface area contributed by atoms with Crippen molar-refractivity contribution in [2.45, 2.75) is 28.9 Å². The van der Waals surface area contributed by atoms with E-state index in [0.717, 1.165) is 21.4 Å². The van der Waals surface area contributed by atoms with E-state index in [1.54, 1.807) is 0 Å². The molecule has 0 aliphatic carbocycles. The van der Waals surface area contributed by atoms with Gasteiger partial charge in [0, 0.05) is 0 Å². The van der Waals surface area contributed by atoms with Crippen molar-refractivity contribution in [1.82, 2.24) is 10.2 Å². The first-order valence-electron chi connectivity index (χ1n) is 4.29. The molecule has 80 valence electrons. The maximum atomic E-state index is 11.5. The third-order valence-electron chi connectivity index (χ3n) is 1.39. The lowest BCUT2D eigenvalue weighted by Gasteiger charge is -1.94. The molecule has 7 heteroatoms. The Kier molecular flexibility index (Phi) is 4.33. The van der Waals surface area contributed by atoms with Crippen LogP contribution < -0.4 is 0 Å². The number of hydrogen-bond donors (Lipinski definition) is 0. The van der Waals surface area contributed by atoms with E-state index in [1.165, 1.54) is 11.8 Å². The first-order valence-corrected chi connectivity index (χ1v) is 7.74. The van der Waals surface area contributed by atoms with E-state index in [2.05, 4.69) is 10.2 Å². The molecule has 1 heterocycles. The fourth-order valence-electron chi connectivity index (χ4n) is 0.861. The molecule has 1 rings (SSSR count). The molecule has 0 atom stereocenters. The molecule has 0 amide bonds. The van der Waals surface area contributed by atoms with Crippen LogP contribution in [-0.4, -0.2) is 30.1 Å². The molecule has 0 fully saturated rings. The summed E-state index contributed by atoms with van der Waals surface area (Å²) >= 11 is 2.67. The molecule has 0 aliphatic heterocycles. The number of aromatic nitrogens is 2. The highest BCUT2D eigenvalue weighted by Gasteiger charge is 2.18. The Hall–Kier alpha value is -0.140. The third kappa shape index (κ3) is 2.93. The second-order valence-corrected chi connectivity index (χ2v) is 7.36. The van der Waals surface area contributed by atoms with E-state index in [9.17, 15) is 8.42 Å². The number of sulfone groups is 1. The SMILES string of the molecule is CCCS(=O)(=O)c1nnc(SCC)s1. The Labute approximate surface area is 92.1 Å². The maximum absolute atomic E-state index is 11.5. The van der Waals surface area contributed by atoms with Crippen molar-refractivity contribution in [3.63, 3.8) is 0 Å². The molecule has 1 aromatic rings. The molecule has 4 nitrogen and oxygen atoms in total. The van der Waals surface area contributed by atoms with E-state index in [4.69, 9.17) is 0 Å². The summed E-state index contributed by atoms with van der Waals surface area (Å²) in [5.41, 5.74) is 0. The van der Waals surface area contributed by atoms with E-state index in [0.29, 0.717) is 6.42 Å². The van der Waals surface area contributed by atoms with Crippen LogP contribution in [-0.2, 0) is 9.84 Å². The highest BCUT2D eigenvalue weighted by molar-refractivity contribution is 8.01. The van der Waals surface area contributed by atoms with Gasteiger partial charge in [-0.1, -0.05) is 36.9 Å².